The second kappa shape index (κ2) is 11.0. The topological polar surface area (TPSA) is 50.8 Å². The third-order valence-corrected chi connectivity index (χ3v) is 5.88. The fourth-order valence-corrected chi connectivity index (χ4v) is 4.10. The van der Waals surface area contributed by atoms with Crippen molar-refractivity contribution in [3.05, 3.63) is 59.2 Å². The van der Waals surface area contributed by atoms with Gasteiger partial charge in [-0.2, -0.15) is 0 Å². The molecule has 1 N–H and O–H groups in total. The van der Waals surface area contributed by atoms with Crippen molar-refractivity contribution in [2.75, 3.05) is 27.3 Å². The monoisotopic (exact) mass is 410 g/mol. The third-order valence-electron chi connectivity index (χ3n) is 5.88. The molecule has 1 fully saturated rings. The van der Waals surface area contributed by atoms with Gasteiger partial charge in [0, 0.05) is 37.7 Å². The van der Waals surface area contributed by atoms with Gasteiger partial charge in [-0.1, -0.05) is 29.8 Å². The Bertz CT molecular complexity index is 820. The Balaban J connectivity index is 1.42. The molecule has 0 aromatic heterocycles. The maximum atomic E-state index is 12.4. The summed E-state index contributed by atoms with van der Waals surface area (Å²) in [7, 11) is 3.26. The second-order valence-corrected chi connectivity index (χ2v) is 8.22. The summed E-state index contributed by atoms with van der Waals surface area (Å²) >= 11 is 0. The highest BCUT2D eigenvalue weighted by atomic mass is 16.5. The summed E-state index contributed by atoms with van der Waals surface area (Å²) in [6, 6.07) is 14.5. The first-order valence-electron chi connectivity index (χ1n) is 10.8. The van der Waals surface area contributed by atoms with Crippen LogP contribution in [0, 0.1) is 12.8 Å². The van der Waals surface area contributed by atoms with Gasteiger partial charge in [-0.3, -0.25) is 9.69 Å². The Hall–Kier alpha value is -2.53. The molecule has 0 spiro atoms. The number of aryl methyl sites for hydroxylation is 1. The van der Waals surface area contributed by atoms with Crippen LogP contribution < -0.4 is 14.8 Å². The van der Waals surface area contributed by atoms with Crippen LogP contribution in [-0.4, -0.2) is 38.1 Å². The number of nitrogens with zero attached hydrogens (tertiary/aromatic N) is 1. The van der Waals surface area contributed by atoms with Crippen LogP contribution >= 0.6 is 0 Å². The highest BCUT2D eigenvalue weighted by molar-refractivity contribution is 5.75. The second-order valence-electron chi connectivity index (χ2n) is 8.22. The first-order valence-corrected chi connectivity index (χ1v) is 10.8. The lowest BCUT2D eigenvalue weighted by molar-refractivity contribution is -0.121. The number of ether oxygens (including phenoxy) is 2. The van der Waals surface area contributed by atoms with Crippen LogP contribution in [0.2, 0.25) is 0 Å². The third kappa shape index (κ3) is 6.49. The number of carbonyl (C=O) groups excluding carboxylic acids is 1. The van der Waals surface area contributed by atoms with Crippen molar-refractivity contribution in [3.63, 3.8) is 0 Å². The van der Waals surface area contributed by atoms with Crippen LogP contribution in [0.5, 0.6) is 11.5 Å². The minimum atomic E-state index is 0.100. The molecule has 1 saturated heterocycles. The molecule has 3 rings (SSSR count). The number of hydrogen-bond acceptors (Lipinski definition) is 4. The van der Waals surface area contributed by atoms with Crippen molar-refractivity contribution in [1.29, 1.82) is 0 Å². The van der Waals surface area contributed by atoms with Gasteiger partial charge in [0.25, 0.3) is 0 Å². The molecule has 162 valence electrons. The van der Waals surface area contributed by atoms with E-state index in [9.17, 15) is 4.79 Å². The lowest BCUT2D eigenvalue weighted by Gasteiger charge is -2.32. The number of hydrogen-bond donors (Lipinski definition) is 1. The summed E-state index contributed by atoms with van der Waals surface area (Å²) in [6.07, 6.45) is 3.93. The van der Waals surface area contributed by atoms with Crippen LogP contribution in [0.3, 0.4) is 0 Å². The van der Waals surface area contributed by atoms with E-state index in [-0.39, 0.29) is 5.91 Å². The maximum Gasteiger partial charge on any atom is 0.220 e. The Morgan fingerprint density at radius 2 is 1.93 bits per heavy atom. The highest BCUT2D eigenvalue weighted by Crippen LogP contribution is 2.25. The molecule has 0 bridgehead atoms. The zero-order chi connectivity index (χ0) is 21.3. The molecule has 1 atom stereocenters. The minimum absolute atomic E-state index is 0.100. The van der Waals surface area contributed by atoms with Crippen LogP contribution in [0.4, 0.5) is 0 Å². The molecule has 2 aromatic carbocycles. The Morgan fingerprint density at radius 3 is 2.67 bits per heavy atom. The zero-order valence-corrected chi connectivity index (χ0v) is 18.4. The molecule has 1 unspecified atom stereocenters. The lowest BCUT2D eigenvalue weighted by Crippen LogP contribution is -2.35. The molecule has 1 aliphatic heterocycles. The molecular weight excluding hydrogens is 376 g/mol. The molecule has 0 radical (unpaired) electrons. The van der Waals surface area contributed by atoms with E-state index in [1.54, 1.807) is 14.2 Å². The molecule has 1 heterocycles. The van der Waals surface area contributed by atoms with E-state index in [0.717, 1.165) is 43.1 Å². The SMILES string of the molecule is COc1ccc(CNC(=O)CCC2CCCN(Cc3ccc(C)cc3)C2)c(OC)c1. The van der Waals surface area contributed by atoms with Gasteiger partial charge in [0.15, 0.2) is 0 Å². The van der Waals surface area contributed by atoms with Gasteiger partial charge in [-0.15, -0.1) is 0 Å². The predicted octanol–water partition coefficient (Wildman–Crippen LogP) is 4.32. The van der Waals surface area contributed by atoms with E-state index in [0.29, 0.717) is 18.9 Å². The number of amides is 1. The molecular formula is C25H34N2O3. The first-order chi connectivity index (χ1) is 14.6. The normalized spacial score (nSPS) is 16.8. The summed E-state index contributed by atoms with van der Waals surface area (Å²) in [5.41, 5.74) is 3.62. The summed E-state index contributed by atoms with van der Waals surface area (Å²) in [5.74, 6) is 2.16. The van der Waals surface area contributed by atoms with Crippen molar-refractivity contribution in [2.45, 2.75) is 45.7 Å². The highest BCUT2D eigenvalue weighted by Gasteiger charge is 2.20. The van der Waals surface area contributed by atoms with Gasteiger partial charge in [0.05, 0.1) is 14.2 Å². The summed E-state index contributed by atoms with van der Waals surface area (Å²) in [4.78, 5) is 14.9. The van der Waals surface area contributed by atoms with Crippen LogP contribution in [-0.2, 0) is 17.9 Å². The number of rotatable bonds is 9. The standard InChI is InChI=1S/C25H34N2O3/c1-19-6-8-21(9-7-19)18-27-14-4-5-20(17-27)10-13-25(28)26-16-22-11-12-23(29-2)15-24(22)30-3/h6-9,11-12,15,20H,4-5,10,13-14,16-18H2,1-3H3,(H,26,28). The molecule has 0 saturated carbocycles. The Labute approximate surface area is 180 Å². The van der Waals surface area contributed by atoms with Crippen molar-refractivity contribution in [3.8, 4) is 11.5 Å². The van der Waals surface area contributed by atoms with Crippen molar-refractivity contribution < 1.29 is 14.3 Å². The summed E-state index contributed by atoms with van der Waals surface area (Å²) in [6.45, 7) is 5.81. The van der Waals surface area contributed by atoms with E-state index in [1.165, 1.54) is 24.0 Å². The van der Waals surface area contributed by atoms with Crippen molar-refractivity contribution in [2.24, 2.45) is 5.92 Å². The average Bonchev–Trinajstić information content (AvgIpc) is 2.78. The zero-order valence-electron chi connectivity index (χ0n) is 18.4. The quantitative estimate of drug-likeness (QED) is 0.669. The summed E-state index contributed by atoms with van der Waals surface area (Å²) in [5, 5.41) is 3.03. The number of methoxy groups -OCH3 is 2. The Morgan fingerprint density at radius 1 is 1.13 bits per heavy atom. The smallest absolute Gasteiger partial charge is 0.220 e. The van der Waals surface area contributed by atoms with E-state index in [1.807, 2.05) is 18.2 Å². The number of nitrogens with one attached hydrogen (secondary N) is 1. The Kier molecular flexibility index (Phi) is 8.14. The fraction of sp³-hybridized carbons (Fsp3) is 0.480. The van der Waals surface area contributed by atoms with Gasteiger partial charge in [0.1, 0.15) is 11.5 Å². The van der Waals surface area contributed by atoms with Gasteiger partial charge in [0.2, 0.25) is 5.91 Å². The van der Waals surface area contributed by atoms with Crippen LogP contribution in [0.1, 0.15) is 42.4 Å². The predicted molar refractivity (Wildman–Crippen MR) is 120 cm³/mol. The molecule has 5 heteroatoms. The number of benzene rings is 2. The molecule has 1 aliphatic rings. The minimum Gasteiger partial charge on any atom is -0.497 e. The van der Waals surface area contributed by atoms with E-state index < -0.39 is 0 Å². The van der Waals surface area contributed by atoms with Crippen LogP contribution in [0.25, 0.3) is 0 Å². The first kappa shape index (κ1) is 22.2. The fourth-order valence-electron chi connectivity index (χ4n) is 4.10. The van der Waals surface area contributed by atoms with Crippen molar-refractivity contribution >= 4 is 5.91 Å². The summed E-state index contributed by atoms with van der Waals surface area (Å²) < 4.78 is 10.6. The number of carbonyl (C=O) groups is 1. The molecule has 1 amide bonds. The van der Waals surface area contributed by atoms with Gasteiger partial charge >= 0.3 is 0 Å². The van der Waals surface area contributed by atoms with Crippen molar-refractivity contribution in [1.82, 2.24) is 10.2 Å². The molecule has 0 aliphatic carbocycles. The molecule has 5 nitrogen and oxygen atoms in total. The van der Waals surface area contributed by atoms with Gasteiger partial charge in [-0.25, -0.2) is 0 Å². The number of likely N-dealkylation sites (tertiary alicyclic amines) is 1. The van der Waals surface area contributed by atoms with E-state index in [2.05, 4.69) is 41.4 Å². The van der Waals surface area contributed by atoms with E-state index in [4.69, 9.17) is 9.47 Å². The van der Waals surface area contributed by atoms with Gasteiger partial charge < -0.3 is 14.8 Å². The average molecular weight is 411 g/mol. The largest absolute Gasteiger partial charge is 0.497 e. The van der Waals surface area contributed by atoms with E-state index >= 15 is 0 Å². The van der Waals surface area contributed by atoms with Crippen LogP contribution in [0.15, 0.2) is 42.5 Å². The maximum absolute atomic E-state index is 12.4. The molecule has 30 heavy (non-hydrogen) atoms. The van der Waals surface area contributed by atoms with Gasteiger partial charge in [-0.05, 0) is 56.3 Å². The lowest BCUT2D eigenvalue weighted by atomic mass is 9.93. The number of piperidine rings is 1. The molecule has 2 aromatic rings.